The highest BCUT2D eigenvalue weighted by molar-refractivity contribution is 4.99. The van der Waals surface area contributed by atoms with Crippen molar-refractivity contribution in [2.75, 3.05) is 6.54 Å². The summed E-state index contributed by atoms with van der Waals surface area (Å²) in [6.07, 6.45) is 2.35. The van der Waals surface area contributed by atoms with Crippen molar-refractivity contribution in [2.24, 2.45) is 0 Å². The maximum Gasteiger partial charge on any atom is 0.0635 e. The van der Waals surface area contributed by atoms with Gasteiger partial charge in [-0.3, -0.25) is 4.68 Å². The van der Waals surface area contributed by atoms with Crippen molar-refractivity contribution in [2.45, 2.75) is 26.4 Å². The Balaban J connectivity index is 2.32. The fourth-order valence-electron chi connectivity index (χ4n) is 1.16. The summed E-state index contributed by atoms with van der Waals surface area (Å²) in [5.41, 5.74) is 1.17. The molecule has 0 radical (unpaired) electrons. The van der Waals surface area contributed by atoms with Crippen molar-refractivity contribution >= 4 is 0 Å². The molecule has 0 saturated heterocycles. The highest BCUT2D eigenvalue weighted by Gasteiger charge is 1.98. The second-order valence-corrected chi connectivity index (χ2v) is 2.72. The third-order valence-electron chi connectivity index (χ3n) is 1.82. The molecule has 0 bridgehead atoms. The molecule has 0 amide bonds. The first-order valence-electron chi connectivity index (χ1n) is 4.46. The molecule has 1 heterocycles. The number of hydrogen-bond donors (Lipinski definition) is 1. The third kappa shape index (κ3) is 2.88. The Bertz CT molecular complexity index is 284. The molecule has 0 aliphatic heterocycles. The normalized spacial score (nSPS) is 9.85. The number of aromatic nitrogens is 2. The minimum Gasteiger partial charge on any atom is -0.310 e. The predicted octanol–water partition coefficient (Wildman–Crippen LogP) is 0.906. The topological polar surface area (TPSA) is 53.6 Å². The van der Waals surface area contributed by atoms with Crippen LogP contribution in [-0.2, 0) is 13.1 Å². The van der Waals surface area contributed by atoms with Crippen LogP contribution in [-0.4, -0.2) is 16.3 Å². The molecule has 1 aromatic heterocycles. The van der Waals surface area contributed by atoms with E-state index in [0.717, 1.165) is 19.6 Å². The number of aryl methyl sites for hydroxylation is 1. The summed E-state index contributed by atoms with van der Waals surface area (Å²) >= 11 is 0. The van der Waals surface area contributed by atoms with Gasteiger partial charge in [0.1, 0.15) is 0 Å². The fraction of sp³-hybridized carbons (Fsp3) is 0.556. The van der Waals surface area contributed by atoms with Gasteiger partial charge in [-0.2, -0.15) is 10.4 Å². The van der Waals surface area contributed by atoms with E-state index in [4.69, 9.17) is 5.26 Å². The molecule has 4 nitrogen and oxygen atoms in total. The number of nitrogens with zero attached hydrogens (tertiary/aromatic N) is 3. The molecule has 1 N–H and O–H groups in total. The first-order valence-corrected chi connectivity index (χ1v) is 4.46. The lowest BCUT2D eigenvalue weighted by atomic mass is 10.4. The molecule has 0 aromatic carbocycles. The van der Waals surface area contributed by atoms with Crippen molar-refractivity contribution in [3.05, 3.63) is 18.0 Å². The lowest BCUT2D eigenvalue weighted by Crippen LogP contribution is -2.17. The lowest BCUT2D eigenvalue weighted by Gasteiger charge is -2.04. The van der Waals surface area contributed by atoms with Crippen molar-refractivity contribution in [3.8, 4) is 6.07 Å². The minimum atomic E-state index is 0.556. The molecule has 0 saturated carbocycles. The summed E-state index contributed by atoms with van der Waals surface area (Å²) in [4.78, 5) is 0. The van der Waals surface area contributed by atoms with Gasteiger partial charge in [0, 0.05) is 32.3 Å². The molecular formula is C9H14N4. The smallest absolute Gasteiger partial charge is 0.0635 e. The van der Waals surface area contributed by atoms with Crippen LogP contribution in [0.4, 0.5) is 0 Å². The SMILES string of the molecule is CCn1nccc1CNCCC#N. The van der Waals surface area contributed by atoms with Crippen LogP contribution in [0.15, 0.2) is 12.3 Å². The summed E-state index contributed by atoms with van der Waals surface area (Å²) in [5.74, 6) is 0. The lowest BCUT2D eigenvalue weighted by molar-refractivity contribution is 0.584. The average Bonchev–Trinajstić information content (AvgIpc) is 2.60. The van der Waals surface area contributed by atoms with Crippen LogP contribution < -0.4 is 5.32 Å². The van der Waals surface area contributed by atoms with Crippen LogP contribution in [0.1, 0.15) is 19.0 Å². The molecular weight excluding hydrogens is 164 g/mol. The molecule has 0 spiro atoms. The molecule has 0 aliphatic rings. The largest absolute Gasteiger partial charge is 0.310 e. The zero-order chi connectivity index (χ0) is 9.52. The van der Waals surface area contributed by atoms with E-state index >= 15 is 0 Å². The standard InChI is InChI=1S/C9H14N4/c1-2-13-9(4-7-12-13)8-11-6-3-5-10/h4,7,11H,2-3,6,8H2,1H3. The monoisotopic (exact) mass is 178 g/mol. The van der Waals surface area contributed by atoms with Crippen LogP contribution in [0, 0.1) is 11.3 Å². The Morgan fingerprint density at radius 1 is 1.69 bits per heavy atom. The Morgan fingerprint density at radius 2 is 2.54 bits per heavy atom. The zero-order valence-electron chi connectivity index (χ0n) is 7.82. The van der Waals surface area contributed by atoms with E-state index in [-0.39, 0.29) is 0 Å². The number of hydrogen-bond acceptors (Lipinski definition) is 3. The summed E-state index contributed by atoms with van der Waals surface area (Å²) in [7, 11) is 0. The average molecular weight is 178 g/mol. The van der Waals surface area contributed by atoms with E-state index in [0.29, 0.717) is 6.42 Å². The predicted molar refractivity (Wildman–Crippen MR) is 49.8 cm³/mol. The van der Waals surface area contributed by atoms with E-state index in [2.05, 4.69) is 23.4 Å². The van der Waals surface area contributed by atoms with E-state index in [1.807, 2.05) is 10.7 Å². The van der Waals surface area contributed by atoms with Gasteiger partial charge in [-0.25, -0.2) is 0 Å². The van der Waals surface area contributed by atoms with E-state index in [1.54, 1.807) is 6.20 Å². The molecule has 4 heteroatoms. The Morgan fingerprint density at radius 3 is 3.23 bits per heavy atom. The zero-order valence-corrected chi connectivity index (χ0v) is 7.82. The van der Waals surface area contributed by atoms with Gasteiger partial charge in [0.25, 0.3) is 0 Å². The fourth-order valence-corrected chi connectivity index (χ4v) is 1.16. The molecule has 13 heavy (non-hydrogen) atoms. The van der Waals surface area contributed by atoms with Crippen molar-refractivity contribution in [1.29, 1.82) is 5.26 Å². The number of nitrogens with one attached hydrogen (secondary N) is 1. The Labute approximate surface area is 78.2 Å². The molecule has 0 fully saturated rings. The first kappa shape index (κ1) is 9.75. The molecule has 1 aromatic rings. The summed E-state index contributed by atoms with van der Waals surface area (Å²) in [5, 5.41) is 15.6. The quantitative estimate of drug-likeness (QED) is 0.682. The number of nitriles is 1. The van der Waals surface area contributed by atoms with Gasteiger partial charge >= 0.3 is 0 Å². The maximum absolute atomic E-state index is 8.32. The van der Waals surface area contributed by atoms with Crippen molar-refractivity contribution < 1.29 is 0 Å². The van der Waals surface area contributed by atoms with Crippen LogP contribution in [0.3, 0.4) is 0 Å². The molecule has 0 aliphatic carbocycles. The second-order valence-electron chi connectivity index (χ2n) is 2.72. The molecule has 70 valence electrons. The second kappa shape index (κ2) is 5.33. The van der Waals surface area contributed by atoms with Crippen molar-refractivity contribution in [3.63, 3.8) is 0 Å². The number of rotatable bonds is 5. The van der Waals surface area contributed by atoms with Gasteiger partial charge < -0.3 is 5.32 Å². The van der Waals surface area contributed by atoms with Gasteiger partial charge in [0.2, 0.25) is 0 Å². The highest BCUT2D eigenvalue weighted by Crippen LogP contribution is 1.97. The van der Waals surface area contributed by atoms with Gasteiger partial charge in [-0.1, -0.05) is 0 Å². The molecule has 1 rings (SSSR count). The van der Waals surface area contributed by atoms with Gasteiger partial charge in [-0.05, 0) is 13.0 Å². The summed E-state index contributed by atoms with van der Waals surface area (Å²) in [6, 6.07) is 4.08. The molecule has 0 unspecified atom stereocenters. The van der Waals surface area contributed by atoms with Crippen LogP contribution in [0.25, 0.3) is 0 Å². The van der Waals surface area contributed by atoms with E-state index in [1.165, 1.54) is 5.69 Å². The third-order valence-corrected chi connectivity index (χ3v) is 1.82. The van der Waals surface area contributed by atoms with Gasteiger partial charge in [0.15, 0.2) is 0 Å². The van der Waals surface area contributed by atoms with E-state index in [9.17, 15) is 0 Å². The van der Waals surface area contributed by atoms with Crippen LogP contribution in [0.5, 0.6) is 0 Å². The van der Waals surface area contributed by atoms with E-state index < -0.39 is 0 Å². The maximum atomic E-state index is 8.32. The van der Waals surface area contributed by atoms with Gasteiger partial charge in [-0.15, -0.1) is 0 Å². The summed E-state index contributed by atoms with van der Waals surface area (Å²) < 4.78 is 1.94. The minimum absolute atomic E-state index is 0.556. The summed E-state index contributed by atoms with van der Waals surface area (Å²) in [6.45, 7) is 4.48. The Hall–Kier alpha value is -1.34. The molecule has 0 atom stereocenters. The van der Waals surface area contributed by atoms with Crippen molar-refractivity contribution in [1.82, 2.24) is 15.1 Å². The van der Waals surface area contributed by atoms with Crippen LogP contribution in [0.2, 0.25) is 0 Å². The van der Waals surface area contributed by atoms with Crippen LogP contribution >= 0.6 is 0 Å². The Kier molecular flexibility index (Phi) is 4.00. The van der Waals surface area contributed by atoms with Gasteiger partial charge in [0.05, 0.1) is 11.8 Å². The highest BCUT2D eigenvalue weighted by atomic mass is 15.3. The first-order chi connectivity index (χ1) is 6.38.